The van der Waals surface area contributed by atoms with E-state index in [1.165, 1.54) is 19.2 Å². The number of likely N-dealkylation sites (tertiary alicyclic amines) is 1. The van der Waals surface area contributed by atoms with Crippen molar-refractivity contribution in [1.29, 1.82) is 0 Å². The van der Waals surface area contributed by atoms with Gasteiger partial charge in [-0.15, -0.1) is 13.2 Å². The topological polar surface area (TPSA) is 82.6 Å². The highest BCUT2D eigenvalue weighted by molar-refractivity contribution is 5.71. The summed E-state index contributed by atoms with van der Waals surface area (Å²) in [6.07, 6.45) is -0.379. The van der Waals surface area contributed by atoms with Crippen LogP contribution in [0, 0.1) is 0 Å². The van der Waals surface area contributed by atoms with Gasteiger partial charge in [-0.3, -0.25) is 4.98 Å². The lowest BCUT2D eigenvalue weighted by Crippen LogP contribution is -2.48. The zero-order valence-corrected chi connectivity index (χ0v) is 25.7. The summed E-state index contributed by atoms with van der Waals surface area (Å²) in [5, 5.41) is 0. The number of alkyl halides is 3. The molecule has 12 heteroatoms. The minimum absolute atomic E-state index is 0.00657. The third-order valence-electron chi connectivity index (χ3n) is 7.10. The Morgan fingerprint density at radius 1 is 0.909 bits per heavy atom. The number of amides is 1. The molecule has 3 aromatic rings. The molecule has 0 N–H and O–H groups in total. The first-order valence-electron chi connectivity index (χ1n) is 14.1. The summed E-state index contributed by atoms with van der Waals surface area (Å²) >= 11 is 0. The molecule has 0 spiro atoms. The van der Waals surface area contributed by atoms with Crippen molar-refractivity contribution < 1.29 is 41.7 Å². The standard InChI is InChI=1S/C32H38F3N3O6/c1-31(2,3)44-30(39)37-13-11-25(12-14-37)38(24-7-9-26(10-8-24)43-32(33,34)35)20-21-15-23(19-36-18-21)22-16-27(40-4)29(42-6)28(17-22)41-5/h7-10,15-19,25H,11-14,20H2,1-6H3. The van der Waals surface area contributed by atoms with Crippen molar-refractivity contribution in [3.8, 4) is 34.1 Å². The molecule has 0 bridgehead atoms. The molecule has 2 heterocycles. The van der Waals surface area contributed by atoms with Crippen LogP contribution in [-0.2, 0) is 11.3 Å². The molecular formula is C32H38F3N3O6. The van der Waals surface area contributed by atoms with Crippen molar-refractivity contribution in [3.05, 3.63) is 60.4 Å². The van der Waals surface area contributed by atoms with Crippen LogP contribution in [0.15, 0.2) is 54.9 Å². The number of piperidine rings is 1. The molecule has 1 amide bonds. The molecule has 238 valence electrons. The van der Waals surface area contributed by atoms with Crippen LogP contribution in [0.1, 0.15) is 39.2 Å². The highest BCUT2D eigenvalue weighted by atomic mass is 19.4. The molecule has 1 aromatic heterocycles. The first-order chi connectivity index (χ1) is 20.8. The Bertz CT molecular complexity index is 1390. The third kappa shape index (κ3) is 8.39. The summed E-state index contributed by atoms with van der Waals surface area (Å²) in [6.45, 7) is 6.86. The van der Waals surface area contributed by atoms with E-state index in [0.717, 1.165) is 16.7 Å². The first kappa shape index (κ1) is 32.6. The van der Waals surface area contributed by atoms with E-state index in [9.17, 15) is 18.0 Å². The van der Waals surface area contributed by atoms with Crippen LogP contribution in [0.2, 0.25) is 0 Å². The Hall–Kier alpha value is -4.35. The second kappa shape index (κ2) is 13.5. The van der Waals surface area contributed by atoms with E-state index >= 15 is 0 Å². The number of carbonyl (C=O) groups excluding carboxylic acids is 1. The molecule has 0 unspecified atom stereocenters. The van der Waals surface area contributed by atoms with Gasteiger partial charge in [0, 0.05) is 49.3 Å². The molecule has 4 rings (SSSR count). The van der Waals surface area contributed by atoms with Crippen LogP contribution in [0.25, 0.3) is 11.1 Å². The number of ether oxygens (including phenoxy) is 5. The Morgan fingerprint density at radius 3 is 2.05 bits per heavy atom. The Morgan fingerprint density at radius 2 is 1.52 bits per heavy atom. The monoisotopic (exact) mass is 617 g/mol. The van der Waals surface area contributed by atoms with Gasteiger partial charge in [0.25, 0.3) is 0 Å². The maximum absolute atomic E-state index is 12.8. The number of methoxy groups -OCH3 is 3. The second-order valence-corrected chi connectivity index (χ2v) is 11.4. The molecule has 1 aliphatic rings. The highest BCUT2D eigenvalue weighted by Crippen LogP contribution is 2.41. The maximum Gasteiger partial charge on any atom is 0.573 e. The van der Waals surface area contributed by atoms with Crippen LogP contribution in [-0.4, -0.2) is 68.4 Å². The van der Waals surface area contributed by atoms with Crippen molar-refractivity contribution >= 4 is 11.8 Å². The Kier molecular flexibility index (Phi) is 10.0. The van der Waals surface area contributed by atoms with Crippen molar-refractivity contribution in [3.63, 3.8) is 0 Å². The molecule has 44 heavy (non-hydrogen) atoms. The summed E-state index contributed by atoms with van der Waals surface area (Å²) < 4.78 is 64.5. The van der Waals surface area contributed by atoms with Gasteiger partial charge in [0.1, 0.15) is 11.4 Å². The van der Waals surface area contributed by atoms with Crippen LogP contribution < -0.4 is 23.8 Å². The van der Waals surface area contributed by atoms with Crippen LogP contribution in [0.4, 0.5) is 23.7 Å². The summed E-state index contributed by atoms with van der Waals surface area (Å²) in [6, 6.07) is 11.5. The molecule has 1 aliphatic heterocycles. The summed E-state index contributed by atoms with van der Waals surface area (Å²) in [5.74, 6) is 1.19. The van der Waals surface area contributed by atoms with E-state index in [1.807, 2.05) is 39.0 Å². The molecule has 1 saturated heterocycles. The lowest BCUT2D eigenvalue weighted by molar-refractivity contribution is -0.274. The van der Waals surface area contributed by atoms with Crippen molar-refractivity contribution in [2.75, 3.05) is 39.3 Å². The molecule has 2 aromatic carbocycles. The van der Waals surface area contributed by atoms with Gasteiger partial charge in [-0.25, -0.2) is 4.79 Å². The van der Waals surface area contributed by atoms with Gasteiger partial charge in [-0.05, 0) is 87.2 Å². The van der Waals surface area contributed by atoms with Crippen molar-refractivity contribution in [1.82, 2.24) is 9.88 Å². The normalized spacial score (nSPS) is 14.2. The predicted molar refractivity (Wildman–Crippen MR) is 159 cm³/mol. The summed E-state index contributed by atoms with van der Waals surface area (Å²) in [7, 11) is 4.64. The van der Waals surface area contributed by atoms with Gasteiger partial charge in [-0.1, -0.05) is 0 Å². The minimum Gasteiger partial charge on any atom is -0.493 e. The first-order valence-corrected chi connectivity index (χ1v) is 14.1. The molecule has 0 aliphatic carbocycles. The molecular weight excluding hydrogens is 579 g/mol. The Labute approximate surface area is 255 Å². The number of hydrogen-bond donors (Lipinski definition) is 0. The van der Waals surface area contributed by atoms with Crippen molar-refractivity contribution in [2.24, 2.45) is 0 Å². The van der Waals surface area contributed by atoms with Crippen LogP contribution in [0.3, 0.4) is 0 Å². The number of aromatic nitrogens is 1. The zero-order valence-electron chi connectivity index (χ0n) is 25.7. The number of benzene rings is 2. The average molecular weight is 618 g/mol. The smallest absolute Gasteiger partial charge is 0.493 e. The lowest BCUT2D eigenvalue weighted by Gasteiger charge is -2.40. The van der Waals surface area contributed by atoms with Gasteiger partial charge in [0.15, 0.2) is 11.5 Å². The van der Waals surface area contributed by atoms with Gasteiger partial charge >= 0.3 is 12.5 Å². The average Bonchev–Trinajstić information content (AvgIpc) is 2.98. The number of hydrogen-bond acceptors (Lipinski definition) is 8. The molecule has 0 saturated carbocycles. The second-order valence-electron chi connectivity index (χ2n) is 11.4. The number of anilines is 1. The predicted octanol–water partition coefficient (Wildman–Crippen LogP) is 7.08. The van der Waals surface area contributed by atoms with E-state index in [1.54, 1.807) is 43.6 Å². The molecule has 0 atom stereocenters. The van der Waals surface area contributed by atoms with Gasteiger partial charge in [0.05, 0.1) is 21.3 Å². The number of pyridine rings is 1. The zero-order chi connectivity index (χ0) is 32.1. The summed E-state index contributed by atoms with van der Waals surface area (Å²) in [5.41, 5.74) is 2.61. The van der Waals surface area contributed by atoms with E-state index in [0.29, 0.717) is 55.4 Å². The van der Waals surface area contributed by atoms with E-state index in [-0.39, 0.29) is 17.9 Å². The largest absolute Gasteiger partial charge is 0.573 e. The van der Waals surface area contributed by atoms with E-state index in [4.69, 9.17) is 18.9 Å². The number of nitrogens with zero attached hydrogens (tertiary/aromatic N) is 3. The number of carbonyl (C=O) groups is 1. The summed E-state index contributed by atoms with van der Waals surface area (Å²) in [4.78, 5) is 20.9. The number of rotatable bonds is 9. The highest BCUT2D eigenvalue weighted by Gasteiger charge is 2.32. The number of halogens is 3. The fourth-order valence-electron chi connectivity index (χ4n) is 5.13. The molecule has 1 fully saturated rings. The van der Waals surface area contributed by atoms with E-state index in [2.05, 4.69) is 14.6 Å². The van der Waals surface area contributed by atoms with Crippen molar-refractivity contribution in [2.45, 2.75) is 58.2 Å². The van der Waals surface area contributed by atoms with Gasteiger partial charge in [0.2, 0.25) is 5.75 Å². The fourth-order valence-corrected chi connectivity index (χ4v) is 5.13. The van der Waals surface area contributed by atoms with Gasteiger partial charge < -0.3 is 33.5 Å². The quantitative estimate of drug-likeness (QED) is 0.252. The molecule has 9 nitrogen and oxygen atoms in total. The maximum atomic E-state index is 12.8. The third-order valence-corrected chi connectivity index (χ3v) is 7.10. The Balaban J connectivity index is 1.62. The lowest BCUT2D eigenvalue weighted by atomic mass is 10.0. The van der Waals surface area contributed by atoms with Gasteiger partial charge in [-0.2, -0.15) is 0 Å². The SMILES string of the molecule is COc1cc(-c2cncc(CN(c3ccc(OC(F)(F)F)cc3)C3CCN(C(=O)OC(C)(C)C)CC3)c2)cc(OC)c1OC. The fraction of sp³-hybridized carbons (Fsp3) is 0.438. The van der Waals surface area contributed by atoms with E-state index < -0.39 is 12.0 Å². The van der Waals surface area contributed by atoms with Crippen LogP contribution >= 0.6 is 0 Å². The minimum atomic E-state index is -4.78. The molecule has 0 radical (unpaired) electrons. The van der Waals surface area contributed by atoms with Crippen LogP contribution in [0.5, 0.6) is 23.0 Å².